The number of halogens is 1. The van der Waals surface area contributed by atoms with Crippen LogP contribution in [0.2, 0.25) is 5.02 Å². The molecule has 0 aliphatic carbocycles. The molecular formula is C23H24ClN3O3. The van der Waals surface area contributed by atoms with E-state index in [1.165, 1.54) is 4.90 Å². The van der Waals surface area contributed by atoms with Crippen molar-refractivity contribution in [1.29, 1.82) is 0 Å². The van der Waals surface area contributed by atoms with Crippen molar-refractivity contribution in [3.63, 3.8) is 0 Å². The molecular weight excluding hydrogens is 402 g/mol. The van der Waals surface area contributed by atoms with Gasteiger partial charge in [-0.2, -0.15) is 0 Å². The highest BCUT2D eigenvalue weighted by molar-refractivity contribution is 6.33. The van der Waals surface area contributed by atoms with Gasteiger partial charge in [0.05, 0.1) is 23.7 Å². The number of imide groups is 1. The minimum absolute atomic E-state index is 0.144. The molecule has 2 heterocycles. The number of urea groups is 1. The molecule has 4 amide bonds. The van der Waals surface area contributed by atoms with E-state index in [1.807, 2.05) is 32.0 Å². The van der Waals surface area contributed by atoms with Crippen LogP contribution in [-0.2, 0) is 11.3 Å². The molecule has 1 N–H and O–H groups in total. The summed E-state index contributed by atoms with van der Waals surface area (Å²) in [5, 5.41) is 3.26. The van der Waals surface area contributed by atoms with Crippen molar-refractivity contribution in [2.75, 3.05) is 13.1 Å². The molecule has 2 aromatic carbocycles. The van der Waals surface area contributed by atoms with Crippen molar-refractivity contribution in [3.8, 4) is 0 Å². The van der Waals surface area contributed by atoms with Crippen LogP contribution in [0.3, 0.4) is 0 Å². The van der Waals surface area contributed by atoms with E-state index in [1.54, 1.807) is 29.2 Å². The van der Waals surface area contributed by atoms with E-state index in [4.69, 9.17) is 11.6 Å². The molecule has 0 saturated carbocycles. The lowest BCUT2D eigenvalue weighted by atomic mass is 9.88. The monoisotopic (exact) mass is 425 g/mol. The zero-order chi connectivity index (χ0) is 21.5. The Morgan fingerprint density at radius 1 is 1.17 bits per heavy atom. The van der Waals surface area contributed by atoms with Gasteiger partial charge in [0.15, 0.2) is 0 Å². The van der Waals surface area contributed by atoms with E-state index in [2.05, 4.69) is 5.32 Å². The number of aryl methyl sites for hydroxylation is 2. The summed E-state index contributed by atoms with van der Waals surface area (Å²) in [5.74, 6) is -0.500. The number of amides is 4. The fourth-order valence-corrected chi connectivity index (χ4v) is 4.49. The van der Waals surface area contributed by atoms with Crippen molar-refractivity contribution >= 4 is 29.4 Å². The standard InChI is InChI=1S/C23H24ClN3O3/c1-15-8-9-16(2)17(12-15)13-27-21(29)23(25-22(27)30)10-5-11-26(14-23)20(28)18-6-3-4-7-19(18)24/h3-4,6-9,12H,5,10-11,13-14H2,1-2H3,(H,25,30). The Hall–Kier alpha value is -2.86. The van der Waals surface area contributed by atoms with Crippen LogP contribution in [0.15, 0.2) is 42.5 Å². The van der Waals surface area contributed by atoms with Gasteiger partial charge in [-0.05, 0) is 49.9 Å². The molecule has 0 radical (unpaired) electrons. The second-order valence-electron chi connectivity index (χ2n) is 8.14. The number of nitrogens with one attached hydrogen (secondary N) is 1. The summed E-state index contributed by atoms with van der Waals surface area (Å²) in [6.07, 6.45) is 1.13. The average Bonchev–Trinajstić information content (AvgIpc) is 2.94. The van der Waals surface area contributed by atoms with Crippen LogP contribution in [0.1, 0.15) is 39.9 Å². The maximum atomic E-state index is 13.3. The second-order valence-corrected chi connectivity index (χ2v) is 8.55. The summed E-state index contributed by atoms with van der Waals surface area (Å²) in [4.78, 5) is 42.0. The summed E-state index contributed by atoms with van der Waals surface area (Å²) in [5.41, 5.74) is 2.37. The number of benzene rings is 2. The molecule has 1 unspecified atom stereocenters. The zero-order valence-electron chi connectivity index (χ0n) is 17.1. The van der Waals surface area contributed by atoms with Gasteiger partial charge in [-0.15, -0.1) is 0 Å². The van der Waals surface area contributed by atoms with Gasteiger partial charge >= 0.3 is 6.03 Å². The van der Waals surface area contributed by atoms with E-state index in [0.29, 0.717) is 30.0 Å². The molecule has 1 spiro atoms. The predicted octanol–water partition coefficient (Wildman–Crippen LogP) is 3.68. The lowest BCUT2D eigenvalue weighted by Gasteiger charge is -2.38. The lowest BCUT2D eigenvalue weighted by molar-refractivity contribution is -0.133. The van der Waals surface area contributed by atoms with Gasteiger partial charge < -0.3 is 10.2 Å². The van der Waals surface area contributed by atoms with Crippen LogP contribution in [0.25, 0.3) is 0 Å². The van der Waals surface area contributed by atoms with Gasteiger partial charge in [-0.25, -0.2) is 4.79 Å². The van der Waals surface area contributed by atoms with E-state index < -0.39 is 11.6 Å². The maximum Gasteiger partial charge on any atom is 0.325 e. The largest absolute Gasteiger partial charge is 0.336 e. The molecule has 2 aromatic rings. The molecule has 2 fully saturated rings. The molecule has 2 saturated heterocycles. The number of piperidine rings is 1. The van der Waals surface area contributed by atoms with Crippen molar-refractivity contribution < 1.29 is 14.4 Å². The first kappa shape index (κ1) is 20.4. The molecule has 7 heteroatoms. The highest BCUT2D eigenvalue weighted by atomic mass is 35.5. The van der Waals surface area contributed by atoms with E-state index in [0.717, 1.165) is 16.7 Å². The molecule has 2 aliphatic heterocycles. The van der Waals surface area contributed by atoms with Crippen LogP contribution in [0, 0.1) is 13.8 Å². The lowest BCUT2D eigenvalue weighted by Crippen LogP contribution is -2.59. The van der Waals surface area contributed by atoms with E-state index in [-0.39, 0.29) is 24.9 Å². The smallest absolute Gasteiger partial charge is 0.325 e. The normalized spacial score (nSPS) is 21.3. The Morgan fingerprint density at radius 2 is 1.93 bits per heavy atom. The topological polar surface area (TPSA) is 69.7 Å². The number of hydrogen-bond donors (Lipinski definition) is 1. The van der Waals surface area contributed by atoms with Crippen LogP contribution in [0.5, 0.6) is 0 Å². The minimum atomic E-state index is -1.08. The Balaban J connectivity index is 1.56. The Kier molecular flexibility index (Phi) is 5.28. The number of carbonyl (C=O) groups excluding carboxylic acids is 3. The third kappa shape index (κ3) is 3.56. The summed E-state index contributed by atoms with van der Waals surface area (Å²) >= 11 is 6.19. The second kappa shape index (κ2) is 7.76. The minimum Gasteiger partial charge on any atom is -0.336 e. The third-order valence-corrected chi connectivity index (χ3v) is 6.29. The first-order chi connectivity index (χ1) is 14.3. The average molecular weight is 426 g/mol. The van der Waals surface area contributed by atoms with Gasteiger partial charge in [-0.1, -0.05) is 47.5 Å². The van der Waals surface area contributed by atoms with Crippen molar-refractivity contribution in [2.45, 2.75) is 38.8 Å². The van der Waals surface area contributed by atoms with Crippen molar-refractivity contribution in [1.82, 2.24) is 15.1 Å². The zero-order valence-corrected chi connectivity index (χ0v) is 17.8. The van der Waals surface area contributed by atoms with Gasteiger partial charge in [0.1, 0.15) is 5.54 Å². The first-order valence-electron chi connectivity index (χ1n) is 10.0. The molecule has 0 aromatic heterocycles. The molecule has 156 valence electrons. The molecule has 6 nitrogen and oxygen atoms in total. The Bertz CT molecular complexity index is 1040. The van der Waals surface area contributed by atoms with Gasteiger partial charge in [0.2, 0.25) is 0 Å². The number of rotatable bonds is 3. The van der Waals surface area contributed by atoms with E-state index >= 15 is 0 Å². The first-order valence-corrected chi connectivity index (χ1v) is 10.4. The highest BCUT2D eigenvalue weighted by Gasteiger charge is 2.53. The SMILES string of the molecule is Cc1ccc(C)c(CN2C(=O)NC3(CCCN(C(=O)c4ccccc4Cl)C3)C2=O)c1. The predicted molar refractivity (Wildman–Crippen MR) is 114 cm³/mol. The Morgan fingerprint density at radius 3 is 2.70 bits per heavy atom. The number of carbonyl (C=O) groups is 3. The van der Waals surface area contributed by atoms with Gasteiger partial charge in [-0.3, -0.25) is 14.5 Å². The Labute approximate surface area is 180 Å². The van der Waals surface area contributed by atoms with E-state index in [9.17, 15) is 14.4 Å². The third-order valence-electron chi connectivity index (χ3n) is 5.96. The summed E-state index contributed by atoms with van der Waals surface area (Å²) in [6.45, 7) is 4.83. The quantitative estimate of drug-likeness (QED) is 0.762. The van der Waals surface area contributed by atoms with Crippen LogP contribution < -0.4 is 5.32 Å². The van der Waals surface area contributed by atoms with Crippen molar-refractivity contribution in [3.05, 3.63) is 69.7 Å². The fraction of sp³-hybridized carbons (Fsp3) is 0.348. The summed E-state index contributed by atoms with van der Waals surface area (Å²) < 4.78 is 0. The van der Waals surface area contributed by atoms with Gasteiger partial charge in [0, 0.05) is 6.54 Å². The number of hydrogen-bond acceptors (Lipinski definition) is 3. The van der Waals surface area contributed by atoms with Gasteiger partial charge in [0.25, 0.3) is 11.8 Å². The highest BCUT2D eigenvalue weighted by Crippen LogP contribution is 2.31. The maximum absolute atomic E-state index is 13.3. The van der Waals surface area contributed by atoms with Crippen LogP contribution in [0.4, 0.5) is 4.79 Å². The summed E-state index contributed by atoms with van der Waals surface area (Å²) in [7, 11) is 0. The summed E-state index contributed by atoms with van der Waals surface area (Å²) in [6, 6.07) is 12.4. The van der Waals surface area contributed by atoms with Crippen LogP contribution in [-0.4, -0.2) is 46.3 Å². The molecule has 2 aliphatic rings. The number of likely N-dealkylation sites (tertiary alicyclic amines) is 1. The van der Waals surface area contributed by atoms with Crippen LogP contribution >= 0.6 is 11.6 Å². The molecule has 30 heavy (non-hydrogen) atoms. The molecule has 0 bridgehead atoms. The molecule has 4 rings (SSSR count). The van der Waals surface area contributed by atoms with Crippen molar-refractivity contribution in [2.24, 2.45) is 0 Å². The molecule has 1 atom stereocenters. The fourth-order valence-electron chi connectivity index (χ4n) is 4.27. The number of nitrogens with zero attached hydrogens (tertiary/aromatic N) is 2.